The van der Waals surface area contributed by atoms with Crippen LogP contribution < -0.4 is 5.32 Å². The Bertz CT molecular complexity index is 513. The van der Waals surface area contributed by atoms with Gasteiger partial charge in [-0.15, -0.1) is 0 Å². The third-order valence-electron chi connectivity index (χ3n) is 4.28. The standard InChI is InChI=1S/C14H23NO3.C2H2O4/c1-4-8(5-2)18-13-9(6-3)10(14(16)17)7-11-12(13)15-11;3-1(4)2(5)6/h8,11-13,15H,4-7H2,1-3H3,(H,16,17);(H,3,4)(H,5,6)/t11-,12+,13-;/m1./s1. The smallest absolute Gasteiger partial charge is 0.414 e. The second-order valence-electron chi connectivity index (χ2n) is 5.77. The average Bonchev–Trinajstić information content (AvgIpc) is 3.31. The number of hydrogen-bond acceptors (Lipinski definition) is 5. The number of fused-ring (bicyclic) bond motifs is 1. The number of carbonyl (C=O) groups is 3. The molecule has 1 aliphatic carbocycles. The summed E-state index contributed by atoms with van der Waals surface area (Å²) in [5.41, 5.74) is 1.56. The first-order chi connectivity index (χ1) is 11.3. The van der Waals surface area contributed by atoms with Crippen molar-refractivity contribution in [3.63, 3.8) is 0 Å². The summed E-state index contributed by atoms with van der Waals surface area (Å²) >= 11 is 0. The molecule has 8 nitrogen and oxygen atoms in total. The molecule has 0 unspecified atom stereocenters. The Morgan fingerprint density at radius 2 is 1.67 bits per heavy atom. The number of aliphatic carboxylic acids is 3. The molecule has 24 heavy (non-hydrogen) atoms. The van der Waals surface area contributed by atoms with Gasteiger partial charge in [0.05, 0.1) is 18.2 Å². The molecule has 1 aliphatic heterocycles. The Hall–Kier alpha value is -1.93. The van der Waals surface area contributed by atoms with Gasteiger partial charge in [0.15, 0.2) is 0 Å². The third kappa shape index (κ3) is 5.04. The lowest BCUT2D eigenvalue weighted by atomic mass is 9.87. The van der Waals surface area contributed by atoms with Crippen LogP contribution in [-0.4, -0.2) is 57.5 Å². The molecule has 2 rings (SSSR count). The highest BCUT2D eigenvalue weighted by Crippen LogP contribution is 2.38. The van der Waals surface area contributed by atoms with Crippen molar-refractivity contribution in [1.82, 2.24) is 5.32 Å². The van der Waals surface area contributed by atoms with Gasteiger partial charge in [-0.3, -0.25) is 0 Å². The fraction of sp³-hybridized carbons (Fsp3) is 0.688. The van der Waals surface area contributed by atoms with E-state index in [-0.39, 0.29) is 12.2 Å². The number of rotatable bonds is 6. The van der Waals surface area contributed by atoms with Gasteiger partial charge in [-0.2, -0.15) is 0 Å². The maximum absolute atomic E-state index is 11.3. The minimum absolute atomic E-state index is 0.0373. The van der Waals surface area contributed by atoms with E-state index in [0.717, 1.165) is 24.8 Å². The van der Waals surface area contributed by atoms with Gasteiger partial charge in [-0.05, 0) is 31.3 Å². The second kappa shape index (κ2) is 8.79. The van der Waals surface area contributed by atoms with Crippen LogP contribution in [0.2, 0.25) is 0 Å². The van der Waals surface area contributed by atoms with E-state index in [1.54, 1.807) is 0 Å². The van der Waals surface area contributed by atoms with Crippen molar-refractivity contribution in [2.45, 2.75) is 70.7 Å². The van der Waals surface area contributed by atoms with Crippen LogP contribution in [0.4, 0.5) is 0 Å². The molecule has 0 aromatic rings. The summed E-state index contributed by atoms with van der Waals surface area (Å²) in [7, 11) is 0. The van der Waals surface area contributed by atoms with Crippen molar-refractivity contribution in [1.29, 1.82) is 0 Å². The summed E-state index contributed by atoms with van der Waals surface area (Å²) in [5.74, 6) is -4.43. The fourth-order valence-corrected chi connectivity index (χ4v) is 2.91. The molecule has 0 radical (unpaired) electrons. The lowest BCUT2D eigenvalue weighted by molar-refractivity contribution is -0.159. The van der Waals surface area contributed by atoms with E-state index < -0.39 is 17.9 Å². The maximum atomic E-state index is 11.3. The van der Waals surface area contributed by atoms with Crippen LogP contribution in [0, 0.1) is 0 Å². The zero-order valence-corrected chi connectivity index (χ0v) is 14.1. The summed E-state index contributed by atoms with van der Waals surface area (Å²) in [5, 5.41) is 27.4. The summed E-state index contributed by atoms with van der Waals surface area (Å²) in [4.78, 5) is 29.5. The van der Waals surface area contributed by atoms with Gasteiger partial charge in [-0.1, -0.05) is 20.8 Å². The van der Waals surface area contributed by atoms with Gasteiger partial charge < -0.3 is 25.4 Å². The predicted molar refractivity (Wildman–Crippen MR) is 84.8 cm³/mol. The van der Waals surface area contributed by atoms with E-state index in [9.17, 15) is 9.90 Å². The summed E-state index contributed by atoms with van der Waals surface area (Å²) in [6, 6.07) is 0.648. The molecule has 4 N–H and O–H groups in total. The van der Waals surface area contributed by atoms with Gasteiger partial charge >= 0.3 is 17.9 Å². The largest absolute Gasteiger partial charge is 0.478 e. The van der Waals surface area contributed by atoms with Gasteiger partial charge in [0.25, 0.3) is 0 Å². The number of nitrogens with one attached hydrogen (secondary N) is 1. The molecule has 1 fully saturated rings. The summed E-state index contributed by atoms with van der Waals surface area (Å²) in [6.07, 6.45) is 3.55. The van der Waals surface area contributed by atoms with E-state index in [1.165, 1.54) is 0 Å². The Labute approximate surface area is 140 Å². The lowest BCUT2D eigenvalue weighted by Crippen LogP contribution is -2.34. The fourth-order valence-electron chi connectivity index (χ4n) is 2.91. The highest BCUT2D eigenvalue weighted by atomic mass is 16.5. The average molecular weight is 343 g/mol. The number of carboxylic acids is 3. The second-order valence-corrected chi connectivity index (χ2v) is 5.77. The van der Waals surface area contributed by atoms with Crippen molar-refractivity contribution in [2.75, 3.05) is 0 Å². The predicted octanol–water partition coefficient (Wildman–Crippen LogP) is 1.25. The first-order valence-corrected chi connectivity index (χ1v) is 8.09. The molecule has 3 atom stereocenters. The molecule has 0 saturated carbocycles. The van der Waals surface area contributed by atoms with Gasteiger partial charge in [0.1, 0.15) is 0 Å². The summed E-state index contributed by atoms with van der Waals surface area (Å²) < 4.78 is 6.14. The van der Waals surface area contributed by atoms with E-state index in [1.807, 2.05) is 6.92 Å². The van der Waals surface area contributed by atoms with E-state index in [2.05, 4.69) is 19.2 Å². The van der Waals surface area contributed by atoms with Gasteiger partial charge in [0.2, 0.25) is 0 Å². The number of ether oxygens (including phenoxy) is 1. The maximum Gasteiger partial charge on any atom is 0.414 e. The Kier molecular flexibility index (Phi) is 7.37. The SMILES string of the molecule is CCC1=C(C(=O)O)C[C@H]2N[C@@H]2[C@@H]1OC(CC)CC.O=C(O)C(=O)O. The Morgan fingerprint density at radius 1 is 1.12 bits per heavy atom. The minimum atomic E-state index is -1.82. The van der Waals surface area contributed by atoms with Crippen LogP contribution in [-0.2, 0) is 19.1 Å². The Morgan fingerprint density at radius 3 is 2.04 bits per heavy atom. The van der Waals surface area contributed by atoms with Crippen LogP contribution in [0.5, 0.6) is 0 Å². The van der Waals surface area contributed by atoms with Crippen molar-refractivity contribution in [2.24, 2.45) is 0 Å². The summed E-state index contributed by atoms with van der Waals surface area (Å²) in [6.45, 7) is 6.24. The molecule has 0 bridgehead atoms. The quantitative estimate of drug-likeness (QED) is 0.417. The highest BCUT2D eigenvalue weighted by molar-refractivity contribution is 6.27. The van der Waals surface area contributed by atoms with Crippen LogP contribution >= 0.6 is 0 Å². The molecule has 2 aliphatic rings. The van der Waals surface area contributed by atoms with Crippen LogP contribution in [0.15, 0.2) is 11.1 Å². The van der Waals surface area contributed by atoms with Crippen molar-refractivity contribution in [3.05, 3.63) is 11.1 Å². The monoisotopic (exact) mass is 343 g/mol. The molecular formula is C16H25NO7. The number of hydrogen-bond donors (Lipinski definition) is 4. The van der Waals surface area contributed by atoms with Crippen molar-refractivity contribution >= 4 is 17.9 Å². The molecule has 0 amide bonds. The molecule has 8 heteroatoms. The van der Waals surface area contributed by atoms with Crippen LogP contribution in [0.1, 0.15) is 46.5 Å². The zero-order chi connectivity index (χ0) is 18.4. The lowest BCUT2D eigenvalue weighted by Gasteiger charge is -2.29. The first kappa shape index (κ1) is 20.1. The minimum Gasteiger partial charge on any atom is -0.478 e. The number of carboxylic acid groups (broad SMARTS) is 3. The molecule has 1 heterocycles. The first-order valence-electron chi connectivity index (χ1n) is 8.09. The van der Waals surface area contributed by atoms with Crippen molar-refractivity contribution in [3.8, 4) is 0 Å². The molecule has 0 spiro atoms. The third-order valence-corrected chi connectivity index (χ3v) is 4.28. The molecule has 0 aromatic heterocycles. The van der Waals surface area contributed by atoms with Crippen LogP contribution in [0.3, 0.4) is 0 Å². The van der Waals surface area contributed by atoms with Gasteiger partial charge in [0, 0.05) is 11.6 Å². The highest BCUT2D eigenvalue weighted by Gasteiger charge is 2.50. The molecule has 136 valence electrons. The topological polar surface area (TPSA) is 143 Å². The van der Waals surface area contributed by atoms with E-state index >= 15 is 0 Å². The van der Waals surface area contributed by atoms with E-state index in [0.29, 0.717) is 24.1 Å². The molecule has 0 aromatic carbocycles. The van der Waals surface area contributed by atoms with Gasteiger partial charge in [-0.25, -0.2) is 14.4 Å². The zero-order valence-electron chi connectivity index (χ0n) is 14.1. The molecule has 1 saturated heterocycles. The van der Waals surface area contributed by atoms with Crippen molar-refractivity contribution < 1.29 is 34.4 Å². The normalized spacial score (nSPS) is 24.8. The van der Waals surface area contributed by atoms with E-state index in [4.69, 9.17) is 24.5 Å². The Balaban J connectivity index is 0.000000413. The molecular weight excluding hydrogens is 318 g/mol. The van der Waals surface area contributed by atoms with Crippen LogP contribution in [0.25, 0.3) is 0 Å².